The summed E-state index contributed by atoms with van der Waals surface area (Å²) in [6, 6.07) is 8.29. The Morgan fingerprint density at radius 2 is 2.11 bits per heavy atom. The molecule has 4 nitrogen and oxygen atoms in total. The van der Waals surface area contributed by atoms with Gasteiger partial charge in [0.25, 0.3) is 0 Å². The smallest absolute Gasteiger partial charge is 0.223 e. The molecule has 0 aliphatic carbocycles. The zero-order valence-electron chi connectivity index (χ0n) is 12.0. The van der Waals surface area contributed by atoms with Gasteiger partial charge in [0.15, 0.2) is 0 Å². The standard InChI is InChI=1S/C15H24N2O2/c1-4-16-12(3)13-7-6-8-14(11-13)19-10-9-15(18)17-5-2/h6-8,11-12,16H,4-5,9-10H2,1-3H3,(H,17,18). The molecule has 4 heteroatoms. The van der Waals surface area contributed by atoms with E-state index in [0.717, 1.165) is 12.3 Å². The van der Waals surface area contributed by atoms with E-state index in [-0.39, 0.29) is 5.91 Å². The third kappa shape index (κ3) is 5.75. The summed E-state index contributed by atoms with van der Waals surface area (Å²) in [5, 5.41) is 6.11. The average molecular weight is 264 g/mol. The van der Waals surface area contributed by atoms with Crippen LogP contribution in [0.2, 0.25) is 0 Å². The summed E-state index contributed by atoms with van der Waals surface area (Å²) >= 11 is 0. The van der Waals surface area contributed by atoms with E-state index in [1.54, 1.807) is 0 Å². The van der Waals surface area contributed by atoms with Gasteiger partial charge < -0.3 is 15.4 Å². The van der Waals surface area contributed by atoms with Gasteiger partial charge in [-0.15, -0.1) is 0 Å². The molecule has 1 amide bonds. The lowest BCUT2D eigenvalue weighted by Crippen LogP contribution is -2.24. The molecule has 0 heterocycles. The molecule has 1 aromatic carbocycles. The molecule has 0 bridgehead atoms. The van der Waals surface area contributed by atoms with Crippen molar-refractivity contribution in [1.29, 1.82) is 0 Å². The normalized spacial score (nSPS) is 11.9. The first-order chi connectivity index (χ1) is 9.17. The number of rotatable bonds is 8. The lowest BCUT2D eigenvalue weighted by molar-refractivity contribution is -0.121. The van der Waals surface area contributed by atoms with Crippen LogP contribution >= 0.6 is 0 Å². The van der Waals surface area contributed by atoms with Gasteiger partial charge in [0.05, 0.1) is 13.0 Å². The first-order valence-electron chi connectivity index (χ1n) is 6.90. The Morgan fingerprint density at radius 3 is 2.79 bits per heavy atom. The fourth-order valence-corrected chi connectivity index (χ4v) is 1.84. The van der Waals surface area contributed by atoms with Gasteiger partial charge >= 0.3 is 0 Å². The zero-order valence-corrected chi connectivity index (χ0v) is 12.0. The fourth-order valence-electron chi connectivity index (χ4n) is 1.84. The molecule has 0 fully saturated rings. The summed E-state index contributed by atoms with van der Waals surface area (Å²) in [6.07, 6.45) is 0.390. The van der Waals surface area contributed by atoms with Gasteiger partial charge in [0, 0.05) is 12.6 Å². The van der Waals surface area contributed by atoms with Crippen LogP contribution in [0.15, 0.2) is 24.3 Å². The molecular weight excluding hydrogens is 240 g/mol. The molecule has 0 aliphatic heterocycles. The largest absolute Gasteiger partial charge is 0.493 e. The molecule has 2 N–H and O–H groups in total. The topological polar surface area (TPSA) is 50.4 Å². The van der Waals surface area contributed by atoms with Crippen LogP contribution in [0.3, 0.4) is 0 Å². The predicted octanol–water partition coefficient (Wildman–Crippen LogP) is 2.26. The summed E-state index contributed by atoms with van der Waals surface area (Å²) in [7, 11) is 0. The molecule has 1 rings (SSSR count). The maximum absolute atomic E-state index is 11.3. The number of ether oxygens (including phenoxy) is 1. The van der Waals surface area contributed by atoms with E-state index in [9.17, 15) is 4.79 Å². The molecule has 1 unspecified atom stereocenters. The number of hydrogen-bond donors (Lipinski definition) is 2. The van der Waals surface area contributed by atoms with E-state index in [1.807, 2.05) is 25.1 Å². The molecule has 106 valence electrons. The number of hydrogen-bond acceptors (Lipinski definition) is 3. The zero-order chi connectivity index (χ0) is 14.1. The summed E-state index contributed by atoms with van der Waals surface area (Å²) in [4.78, 5) is 11.3. The van der Waals surface area contributed by atoms with Crippen molar-refractivity contribution >= 4 is 5.91 Å². The van der Waals surface area contributed by atoms with Crippen molar-refractivity contribution in [2.75, 3.05) is 19.7 Å². The summed E-state index contributed by atoms with van der Waals surface area (Å²) in [6.45, 7) is 8.12. The number of benzene rings is 1. The minimum absolute atomic E-state index is 0.0275. The Labute approximate surface area is 115 Å². The van der Waals surface area contributed by atoms with Crippen molar-refractivity contribution in [1.82, 2.24) is 10.6 Å². The van der Waals surface area contributed by atoms with E-state index in [2.05, 4.69) is 30.5 Å². The number of carbonyl (C=O) groups is 1. The number of amides is 1. The van der Waals surface area contributed by atoms with Crippen LogP contribution < -0.4 is 15.4 Å². The molecule has 0 saturated heterocycles. The van der Waals surface area contributed by atoms with Crippen LogP contribution in [0.4, 0.5) is 0 Å². The third-order valence-electron chi connectivity index (χ3n) is 2.84. The monoisotopic (exact) mass is 264 g/mol. The number of nitrogens with one attached hydrogen (secondary N) is 2. The Balaban J connectivity index is 2.46. The summed E-state index contributed by atoms with van der Waals surface area (Å²) in [5.41, 5.74) is 1.19. The molecule has 0 aliphatic rings. The van der Waals surface area contributed by atoms with Crippen LogP contribution in [-0.2, 0) is 4.79 Å². The molecule has 0 saturated carbocycles. The average Bonchev–Trinajstić information content (AvgIpc) is 2.40. The molecule has 1 atom stereocenters. The van der Waals surface area contributed by atoms with Gasteiger partial charge in [-0.05, 0) is 38.1 Å². The van der Waals surface area contributed by atoms with Crippen LogP contribution in [0.5, 0.6) is 5.75 Å². The summed E-state index contributed by atoms with van der Waals surface area (Å²) in [5.74, 6) is 0.839. The van der Waals surface area contributed by atoms with Crippen molar-refractivity contribution in [3.05, 3.63) is 29.8 Å². The van der Waals surface area contributed by atoms with Crippen molar-refractivity contribution < 1.29 is 9.53 Å². The quantitative estimate of drug-likeness (QED) is 0.757. The molecule has 0 aromatic heterocycles. The fraction of sp³-hybridized carbons (Fsp3) is 0.533. The van der Waals surface area contributed by atoms with Gasteiger partial charge in [-0.3, -0.25) is 4.79 Å². The van der Waals surface area contributed by atoms with Crippen molar-refractivity contribution in [3.8, 4) is 5.75 Å². The minimum atomic E-state index is 0.0275. The van der Waals surface area contributed by atoms with Gasteiger partial charge in [-0.1, -0.05) is 19.1 Å². The highest BCUT2D eigenvalue weighted by atomic mass is 16.5. The van der Waals surface area contributed by atoms with Crippen LogP contribution in [0.25, 0.3) is 0 Å². The van der Waals surface area contributed by atoms with Crippen molar-refractivity contribution in [2.45, 2.75) is 33.2 Å². The summed E-state index contributed by atoms with van der Waals surface area (Å²) < 4.78 is 5.60. The Hall–Kier alpha value is -1.55. The van der Waals surface area contributed by atoms with E-state index in [1.165, 1.54) is 5.56 Å². The first-order valence-corrected chi connectivity index (χ1v) is 6.90. The molecule has 19 heavy (non-hydrogen) atoms. The number of carbonyl (C=O) groups excluding carboxylic acids is 1. The Bertz CT molecular complexity index is 393. The highest BCUT2D eigenvalue weighted by Crippen LogP contribution is 2.19. The van der Waals surface area contributed by atoms with Crippen LogP contribution in [0.1, 0.15) is 38.8 Å². The second-order valence-electron chi connectivity index (χ2n) is 4.40. The molecule has 0 spiro atoms. The van der Waals surface area contributed by atoms with Crippen LogP contribution in [-0.4, -0.2) is 25.6 Å². The second-order valence-corrected chi connectivity index (χ2v) is 4.40. The van der Waals surface area contributed by atoms with Crippen molar-refractivity contribution in [2.24, 2.45) is 0 Å². The first kappa shape index (κ1) is 15.5. The Kier molecular flexibility index (Phi) is 6.97. The Morgan fingerprint density at radius 1 is 1.32 bits per heavy atom. The maximum Gasteiger partial charge on any atom is 0.223 e. The van der Waals surface area contributed by atoms with E-state index >= 15 is 0 Å². The molecule has 1 aromatic rings. The van der Waals surface area contributed by atoms with E-state index in [4.69, 9.17) is 4.74 Å². The van der Waals surface area contributed by atoms with E-state index in [0.29, 0.717) is 25.6 Å². The highest BCUT2D eigenvalue weighted by Gasteiger charge is 2.05. The lowest BCUT2D eigenvalue weighted by atomic mass is 10.1. The minimum Gasteiger partial charge on any atom is -0.493 e. The van der Waals surface area contributed by atoms with Gasteiger partial charge in [-0.25, -0.2) is 0 Å². The van der Waals surface area contributed by atoms with Crippen LogP contribution in [0, 0.1) is 0 Å². The predicted molar refractivity (Wildman–Crippen MR) is 77.3 cm³/mol. The highest BCUT2D eigenvalue weighted by molar-refractivity contribution is 5.75. The lowest BCUT2D eigenvalue weighted by Gasteiger charge is -2.14. The third-order valence-corrected chi connectivity index (χ3v) is 2.84. The maximum atomic E-state index is 11.3. The van der Waals surface area contributed by atoms with E-state index < -0.39 is 0 Å². The SMILES string of the molecule is CCNC(=O)CCOc1cccc(C(C)NCC)c1. The second kappa shape index (κ2) is 8.53. The van der Waals surface area contributed by atoms with Gasteiger partial charge in [0.2, 0.25) is 5.91 Å². The van der Waals surface area contributed by atoms with Crippen molar-refractivity contribution in [3.63, 3.8) is 0 Å². The van der Waals surface area contributed by atoms with Gasteiger partial charge in [0.1, 0.15) is 5.75 Å². The molecule has 0 radical (unpaired) electrons. The molecular formula is C15H24N2O2. The van der Waals surface area contributed by atoms with Gasteiger partial charge in [-0.2, -0.15) is 0 Å².